The van der Waals surface area contributed by atoms with Crippen LogP contribution in [-0.2, 0) is 9.59 Å². The van der Waals surface area contributed by atoms with E-state index in [0.717, 1.165) is 13.0 Å². The first-order valence-electron chi connectivity index (χ1n) is 5.26. The number of amides is 1. The average Bonchev–Trinajstić information content (AvgIpc) is 2.62. The fraction of sp³-hybridized carbons (Fsp3) is 0.800. The van der Waals surface area contributed by atoms with Gasteiger partial charge in [0.15, 0.2) is 0 Å². The molecular weight excluding hydrogens is 196 g/mol. The summed E-state index contributed by atoms with van der Waals surface area (Å²) in [6, 6.07) is 0.204. The van der Waals surface area contributed by atoms with Crippen LogP contribution in [0.15, 0.2) is 0 Å². The Labute approximate surface area is 89.7 Å². The number of carbonyl (C=O) groups excluding carboxylic acids is 1. The number of carbonyl (C=O) groups is 2. The van der Waals surface area contributed by atoms with E-state index in [4.69, 9.17) is 5.11 Å². The summed E-state index contributed by atoms with van der Waals surface area (Å²) in [6.07, 6.45) is 0.876. The average molecular weight is 214 g/mol. The highest BCUT2D eigenvalue weighted by Gasteiger charge is 2.28. The van der Waals surface area contributed by atoms with Crippen molar-refractivity contribution >= 4 is 11.9 Å². The molecule has 1 rings (SSSR count). The van der Waals surface area contributed by atoms with E-state index in [2.05, 4.69) is 0 Å². The Hall–Kier alpha value is -1.10. The highest BCUT2D eigenvalue weighted by atomic mass is 16.4. The molecule has 5 heteroatoms. The SMILES string of the molecule is CCN(CC(=O)O)[C@@H]1CCN(C(C)=O)C1. The van der Waals surface area contributed by atoms with Crippen LogP contribution in [0.1, 0.15) is 20.3 Å². The fourth-order valence-corrected chi connectivity index (χ4v) is 2.00. The monoisotopic (exact) mass is 214 g/mol. The van der Waals surface area contributed by atoms with E-state index < -0.39 is 5.97 Å². The number of likely N-dealkylation sites (N-methyl/N-ethyl adjacent to an activating group) is 1. The quantitative estimate of drug-likeness (QED) is 0.716. The van der Waals surface area contributed by atoms with Crippen LogP contribution in [0.3, 0.4) is 0 Å². The number of aliphatic carboxylic acids is 1. The number of rotatable bonds is 4. The smallest absolute Gasteiger partial charge is 0.317 e. The van der Waals surface area contributed by atoms with Gasteiger partial charge in [0.1, 0.15) is 0 Å². The van der Waals surface area contributed by atoms with E-state index >= 15 is 0 Å². The summed E-state index contributed by atoms with van der Waals surface area (Å²) in [4.78, 5) is 25.4. The fourth-order valence-electron chi connectivity index (χ4n) is 2.00. The summed E-state index contributed by atoms with van der Waals surface area (Å²) in [5.41, 5.74) is 0. The molecule has 1 aliphatic heterocycles. The summed E-state index contributed by atoms with van der Waals surface area (Å²) in [5, 5.41) is 8.73. The zero-order chi connectivity index (χ0) is 11.4. The Morgan fingerprint density at radius 2 is 2.20 bits per heavy atom. The number of hydrogen-bond donors (Lipinski definition) is 1. The molecule has 0 aliphatic carbocycles. The Balaban J connectivity index is 2.49. The zero-order valence-corrected chi connectivity index (χ0v) is 9.27. The standard InChI is InChI=1S/C10H18N2O3/c1-3-11(7-10(14)15)9-4-5-12(6-9)8(2)13/h9H,3-7H2,1-2H3,(H,14,15)/t9-/m1/s1. The van der Waals surface area contributed by atoms with Crippen LogP contribution < -0.4 is 0 Å². The van der Waals surface area contributed by atoms with Gasteiger partial charge in [-0.2, -0.15) is 0 Å². The van der Waals surface area contributed by atoms with Crippen LogP contribution in [0, 0.1) is 0 Å². The third kappa shape index (κ3) is 3.20. The van der Waals surface area contributed by atoms with E-state index in [1.54, 1.807) is 11.8 Å². The van der Waals surface area contributed by atoms with E-state index in [9.17, 15) is 9.59 Å². The van der Waals surface area contributed by atoms with Gasteiger partial charge in [-0.05, 0) is 13.0 Å². The molecule has 1 N–H and O–H groups in total. The van der Waals surface area contributed by atoms with Gasteiger partial charge in [-0.25, -0.2) is 0 Å². The van der Waals surface area contributed by atoms with Crippen molar-refractivity contribution in [2.75, 3.05) is 26.2 Å². The van der Waals surface area contributed by atoms with E-state index in [0.29, 0.717) is 13.1 Å². The van der Waals surface area contributed by atoms with Gasteiger partial charge in [0.05, 0.1) is 6.54 Å². The van der Waals surface area contributed by atoms with Crippen molar-refractivity contribution in [1.29, 1.82) is 0 Å². The van der Waals surface area contributed by atoms with E-state index in [1.807, 2.05) is 11.8 Å². The maximum Gasteiger partial charge on any atom is 0.317 e. The number of hydrogen-bond acceptors (Lipinski definition) is 3. The number of nitrogens with zero attached hydrogens (tertiary/aromatic N) is 2. The van der Waals surface area contributed by atoms with Crippen LogP contribution in [0.4, 0.5) is 0 Å². The minimum absolute atomic E-state index is 0.0624. The maximum absolute atomic E-state index is 11.1. The summed E-state index contributed by atoms with van der Waals surface area (Å²) >= 11 is 0. The first-order valence-corrected chi connectivity index (χ1v) is 5.26. The molecule has 0 unspecified atom stereocenters. The molecule has 0 aromatic carbocycles. The van der Waals surface area contributed by atoms with Gasteiger partial charge in [-0.1, -0.05) is 6.92 Å². The molecule has 5 nitrogen and oxygen atoms in total. The van der Waals surface area contributed by atoms with E-state index in [1.165, 1.54) is 0 Å². The topological polar surface area (TPSA) is 60.9 Å². The Morgan fingerprint density at radius 3 is 2.60 bits per heavy atom. The third-order valence-electron chi connectivity index (χ3n) is 2.87. The van der Waals surface area contributed by atoms with Gasteiger partial charge in [0, 0.05) is 26.1 Å². The Kier molecular flexibility index (Phi) is 4.08. The molecular formula is C10H18N2O3. The number of likely N-dealkylation sites (tertiary alicyclic amines) is 1. The molecule has 0 aromatic heterocycles. The molecule has 1 amide bonds. The molecule has 0 radical (unpaired) electrons. The predicted molar refractivity (Wildman–Crippen MR) is 55.5 cm³/mol. The summed E-state index contributed by atoms with van der Waals surface area (Å²) in [7, 11) is 0. The molecule has 1 atom stereocenters. The highest BCUT2D eigenvalue weighted by Crippen LogP contribution is 2.15. The highest BCUT2D eigenvalue weighted by molar-refractivity contribution is 5.73. The number of carboxylic acids is 1. The van der Waals surface area contributed by atoms with Crippen molar-refractivity contribution in [3.05, 3.63) is 0 Å². The normalized spacial score (nSPS) is 21.0. The molecule has 1 aliphatic rings. The summed E-state index contributed by atoms with van der Waals surface area (Å²) in [6.45, 7) is 5.68. The maximum atomic E-state index is 11.1. The molecule has 86 valence electrons. The van der Waals surface area contributed by atoms with Gasteiger partial charge < -0.3 is 10.0 Å². The second-order valence-corrected chi connectivity index (χ2v) is 3.86. The van der Waals surface area contributed by atoms with Crippen molar-refractivity contribution in [3.8, 4) is 0 Å². The van der Waals surface area contributed by atoms with Crippen molar-refractivity contribution < 1.29 is 14.7 Å². The zero-order valence-electron chi connectivity index (χ0n) is 9.27. The molecule has 1 saturated heterocycles. The summed E-state index contributed by atoms with van der Waals surface area (Å²) < 4.78 is 0. The first kappa shape index (κ1) is 12.0. The van der Waals surface area contributed by atoms with Gasteiger partial charge in [0.25, 0.3) is 0 Å². The minimum Gasteiger partial charge on any atom is -0.480 e. The lowest BCUT2D eigenvalue weighted by atomic mass is 10.2. The van der Waals surface area contributed by atoms with Gasteiger partial charge in [0.2, 0.25) is 5.91 Å². The van der Waals surface area contributed by atoms with Crippen molar-refractivity contribution in [1.82, 2.24) is 9.80 Å². The largest absolute Gasteiger partial charge is 0.480 e. The number of carboxylic acid groups (broad SMARTS) is 1. The lowest BCUT2D eigenvalue weighted by Crippen LogP contribution is -2.41. The second-order valence-electron chi connectivity index (χ2n) is 3.86. The lowest BCUT2D eigenvalue weighted by Gasteiger charge is -2.25. The van der Waals surface area contributed by atoms with Crippen LogP contribution in [0.5, 0.6) is 0 Å². The molecule has 0 saturated carbocycles. The van der Waals surface area contributed by atoms with E-state index in [-0.39, 0.29) is 18.5 Å². The Morgan fingerprint density at radius 1 is 1.53 bits per heavy atom. The van der Waals surface area contributed by atoms with Crippen LogP contribution in [-0.4, -0.2) is 59.0 Å². The van der Waals surface area contributed by atoms with Crippen LogP contribution in [0.25, 0.3) is 0 Å². The van der Waals surface area contributed by atoms with Gasteiger partial charge >= 0.3 is 5.97 Å². The molecule has 1 heterocycles. The van der Waals surface area contributed by atoms with Crippen molar-refractivity contribution in [2.24, 2.45) is 0 Å². The van der Waals surface area contributed by atoms with Gasteiger partial charge in [-0.15, -0.1) is 0 Å². The third-order valence-corrected chi connectivity index (χ3v) is 2.87. The van der Waals surface area contributed by atoms with Crippen LogP contribution in [0.2, 0.25) is 0 Å². The molecule has 0 bridgehead atoms. The molecule has 1 fully saturated rings. The van der Waals surface area contributed by atoms with Gasteiger partial charge in [-0.3, -0.25) is 14.5 Å². The minimum atomic E-state index is -0.807. The van der Waals surface area contributed by atoms with Crippen molar-refractivity contribution in [3.63, 3.8) is 0 Å². The molecule has 15 heavy (non-hydrogen) atoms. The summed E-state index contributed by atoms with van der Waals surface area (Å²) in [5.74, 6) is -0.734. The molecule has 0 aromatic rings. The molecule has 0 spiro atoms. The lowest BCUT2D eigenvalue weighted by molar-refractivity contribution is -0.138. The second kappa shape index (κ2) is 5.11. The predicted octanol–water partition coefficient (Wildman–Crippen LogP) is 0.0137. The van der Waals surface area contributed by atoms with Crippen molar-refractivity contribution in [2.45, 2.75) is 26.3 Å². The Bertz CT molecular complexity index is 255. The first-order chi connectivity index (χ1) is 7.04. The van der Waals surface area contributed by atoms with Crippen LogP contribution >= 0.6 is 0 Å².